The van der Waals surface area contributed by atoms with E-state index in [4.69, 9.17) is 4.74 Å². The van der Waals surface area contributed by atoms with Gasteiger partial charge >= 0.3 is 0 Å². The fraction of sp³-hybridized carbons (Fsp3) is 0.143. The normalized spacial score (nSPS) is 11.9. The van der Waals surface area contributed by atoms with Crippen LogP contribution in [0.5, 0.6) is 11.5 Å². The van der Waals surface area contributed by atoms with Crippen molar-refractivity contribution in [2.45, 2.75) is 20.4 Å². The molecule has 0 amide bonds. The number of ether oxygens (including phenoxy) is 1. The Balaban J connectivity index is 2.01. The number of para-hydroxylation sites is 1. The van der Waals surface area contributed by atoms with Crippen LogP contribution >= 0.6 is 0 Å². The summed E-state index contributed by atoms with van der Waals surface area (Å²) in [5.74, 6) is 1.69. The molecule has 2 heteroatoms. The zero-order chi connectivity index (χ0) is 16.5. The highest BCUT2D eigenvalue weighted by atomic mass is 16.5. The molecule has 0 aliphatic carbocycles. The fourth-order valence-electron chi connectivity index (χ4n) is 2.09. The van der Waals surface area contributed by atoms with E-state index in [-0.39, 0.29) is 0 Å². The smallest absolute Gasteiger partial charge is 0.127 e. The highest BCUT2D eigenvalue weighted by Gasteiger charge is 2.00. The summed E-state index contributed by atoms with van der Waals surface area (Å²) in [7, 11) is 0. The Labute approximate surface area is 138 Å². The molecule has 1 N–H and O–H groups in total. The topological polar surface area (TPSA) is 21.3 Å². The van der Waals surface area contributed by atoms with E-state index in [1.54, 1.807) is 0 Å². The molecule has 118 valence electrons. The Hall–Kier alpha value is -2.74. The van der Waals surface area contributed by atoms with Gasteiger partial charge < -0.3 is 10.1 Å². The minimum atomic E-state index is 0.743. The predicted molar refractivity (Wildman–Crippen MR) is 97.5 cm³/mol. The summed E-state index contributed by atoms with van der Waals surface area (Å²) in [6.07, 6.45) is 5.98. The lowest BCUT2D eigenvalue weighted by atomic mass is 10.2. The summed E-state index contributed by atoms with van der Waals surface area (Å²) in [6, 6.07) is 17.9. The van der Waals surface area contributed by atoms with Gasteiger partial charge in [0, 0.05) is 12.2 Å². The van der Waals surface area contributed by atoms with E-state index >= 15 is 0 Å². The van der Waals surface area contributed by atoms with Crippen molar-refractivity contribution in [2.24, 2.45) is 0 Å². The molecular formula is C21H23NO. The van der Waals surface area contributed by atoms with Gasteiger partial charge in [-0.2, -0.15) is 0 Å². The number of allylic oxidation sites excluding steroid dienone is 4. The van der Waals surface area contributed by atoms with Crippen LogP contribution in [0.3, 0.4) is 0 Å². The first-order chi connectivity index (χ1) is 11.2. The highest BCUT2D eigenvalue weighted by molar-refractivity contribution is 5.34. The molecule has 2 aromatic rings. The SMILES string of the molecule is C=C/C(C)=C\C(=C/C)NCc1cccc(Oc2ccccc2)c1. The van der Waals surface area contributed by atoms with Crippen LogP contribution in [0.15, 0.2) is 90.7 Å². The number of benzene rings is 2. The van der Waals surface area contributed by atoms with E-state index < -0.39 is 0 Å². The van der Waals surface area contributed by atoms with Gasteiger partial charge in [0.05, 0.1) is 0 Å². The van der Waals surface area contributed by atoms with E-state index in [1.165, 1.54) is 5.56 Å². The first-order valence-electron chi connectivity index (χ1n) is 7.74. The summed E-state index contributed by atoms with van der Waals surface area (Å²) in [6.45, 7) is 8.57. The number of nitrogens with one attached hydrogen (secondary N) is 1. The molecule has 2 aromatic carbocycles. The largest absolute Gasteiger partial charge is 0.457 e. The van der Waals surface area contributed by atoms with Gasteiger partial charge in [-0.25, -0.2) is 0 Å². The molecule has 2 rings (SSSR count). The van der Waals surface area contributed by atoms with Gasteiger partial charge in [-0.3, -0.25) is 0 Å². The predicted octanol–water partition coefficient (Wildman–Crippen LogP) is 5.60. The molecule has 0 atom stereocenters. The van der Waals surface area contributed by atoms with Crippen molar-refractivity contribution < 1.29 is 4.74 Å². The zero-order valence-electron chi connectivity index (χ0n) is 13.8. The fourth-order valence-corrected chi connectivity index (χ4v) is 2.09. The van der Waals surface area contributed by atoms with Crippen molar-refractivity contribution >= 4 is 0 Å². The lowest BCUT2D eigenvalue weighted by molar-refractivity contribution is 0.482. The van der Waals surface area contributed by atoms with Crippen LogP contribution in [0.4, 0.5) is 0 Å². The van der Waals surface area contributed by atoms with E-state index in [0.29, 0.717) is 0 Å². The minimum Gasteiger partial charge on any atom is -0.457 e. The van der Waals surface area contributed by atoms with Gasteiger partial charge in [0.15, 0.2) is 0 Å². The van der Waals surface area contributed by atoms with Crippen molar-refractivity contribution in [1.82, 2.24) is 5.32 Å². The molecular weight excluding hydrogens is 282 g/mol. The quantitative estimate of drug-likeness (QED) is 0.672. The van der Waals surface area contributed by atoms with Gasteiger partial charge in [-0.05, 0) is 55.3 Å². The van der Waals surface area contributed by atoms with Crippen molar-refractivity contribution in [3.63, 3.8) is 0 Å². The Morgan fingerprint density at radius 1 is 1.09 bits per heavy atom. The van der Waals surface area contributed by atoms with E-state index in [0.717, 1.165) is 29.3 Å². The molecule has 23 heavy (non-hydrogen) atoms. The second kappa shape index (κ2) is 8.64. The first-order valence-corrected chi connectivity index (χ1v) is 7.74. The van der Waals surface area contributed by atoms with Crippen LogP contribution in [-0.4, -0.2) is 0 Å². The monoisotopic (exact) mass is 305 g/mol. The maximum atomic E-state index is 5.87. The Kier molecular flexibility index (Phi) is 6.25. The molecule has 0 aliphatic heterocycles. The van der Waals surface area contributed by atoms with Crippen LogP contribution in [-0.2, 0) is 6.54 Å². The number of hydrogen-bond acceptors (Lipinski definition) is 2. The first kappa shape index (κ1) is 16.6. The van der Waals surface area contributed by atoms with Gasteiger partial charge in [-0.15, -0.1) is 0 Å². The summed E-state index contributed by atoms with van der Waals surface area (Å²) in [5, 5.41) is 3.42. The third-order valence-electron chi connectivity index (χ3n) is 3.39. The molecule has 0 spiro atoms. The van der Waals surface area contributed by atoms with Gasteiger partial charge in [0.1, 0.15) is 11.5 Å². The standard InChI is InChI=1S/C21H23NO/c1-4-17(3)14-19(5-2)22-16-18-10-9-13-21(15-18)23-20-11-7-6-8-12-20/h4-15,22H,1,16H2,2-3H3/b17-14-,19-5+. The maximum Gasteiger partial charge on any atom is 0.127 e. The number of rotatable bonds is 7. The van der Waals surface area contributed by atoms with Crippen molar-refractivity contribution in [2.75, 3.05) is 0 Å². The minimum absolute atomic E-state index is 0.743. The third kappa shape index (κ3) is 5.51. The van der Waals surface area contributed by atoms with Crippen molar-refractivity contribution in [1.29, 1.82) is 0 Å². The van der Waals surface area contributed by atoms with E-state index in [1.807, 2.05) is 62.4 Å². The average Bonchev–Trinajstić information content (AvgIpc) is 2.59. The molecule has 0 aliphatic rings. The van der Waals surface area contributed by atoms with Crippen molar-refractivity contribution in [3.05, 3.63) is 96.2 Å². The number of hydrogen-bond donors (Lipinski definition) is 1. The van der Waals surface area contributed by atoms with Crippen LogP contribution < -0.4 is 10.1 Å². The molecule has 2 nitrogen and oxygen atoms in total. The van der Waals surface area contributed by atoms with Gasteiger partial charge in [0.2, 0.25) is 0 Å². The Morgan fingerprint density at radius 3 is 2.52 bits per heavy atom. The second-order valence-corrected chi connectivity index (χ2v) is 5.25. The molecule has 0 saturated heterocycles. The Morgan fingerprint density at radius 2 is 1.83 bits per heavy atom. The molecule has 0 bridgehead atoms. The summed E-state index contributed by atoms with van der Waals surface area (Å²) < 4.78 is 5.87. The highest BCUT2D eigenvalue weighted by Crippen LogP contribution is 2.21. The summed E-state index contributed by atoms with van der Waals surface area (Å²) in [4.78, 5) is 0. The molecule has 0 heterocycles. The maximum absolute atomic E-state index is 5.87. The van der Waals surface area contributed by atoms with Gasteiger partial charge in [-0.1, -0.05) is 49.1 Å². The molecule has 0 unspecified atom stereocenters. The van der Waals surface area contributed by atoms with E-state index in [9.17, 15) is 0 Å². The van der Waals surface area contributed by atoms with Crippen LogP contribution in [0.25, 0.3) is 0 Å². The van der Waals surface area contributed by atoms with Crippen LogP contribution in [0, 0.1) is 0 Å². The summed E-state index contributed by atoms with van der Waals surface area (Å²) >= 11 is 0. The van der Waals surface area contributed by atoms with Crippen molar-refractivity contribution in [3.8, 4) is 11.5 Å². The molecule has 0 radical (unpaired) electrons. The molecule has 0 saturated carbocycles. The zero-order valence-corrected chi connectivity index (χ0v) is 13.8. The Bertz CT molecular complexity index is 699. The van der Waals surface area contributed by atoms with Crippen LogP contribution in [0.2, 0.25) is 0 Å². The molecule has 0 aromatic heterocycles. The molecule has 0 fully saturated rings. The van der Waals surface area contributed by atoms with Gasteiger partial charge in [0.25, 0.3) is 0 Å². The van der Waals surface area contributed by atoms with E-state index in [2.05, 4.69) is 36.2 Å². The average molecular weight is 305 g/mol. The lowest BCUT2D eigenvalue weighted by Crippen LogP contribution is -2.11. The second-order valence-electron chi connectivity index (χ2n) is 5.25. The van der Waals surface area contributed by atoms with Crippen LogP contribution in [0.1, 0.15) is 19.4 Å². The third-order valence-corrected chi connectivity index (χ3v) is 3.39. The lowest BCUT2D eigenvalue weighted by Gasteiger charge is -2.10. The summed E-state index contributed by atoms with van der Waals surface area (Å²) in [5.41, 5.74) is 3.38.